The fourth-order valence-electron chi connectivity index (χ4n) is 1.68. The van der Waals surface area contributed by atoms with Gasteiger partial charge in [-0.05, 0) is 31.0 Å². The molecule has 0 atom stereocenters. The number of aromatic amines is 1. The van der Waals surface area contributed by atoms with Crippen LogP contribution in [0.15, 0.2) is 24.4 Å². The highest BCUT2D eigenvalue weighted by Crippen LogP contribution is 2.22. The van der Waals surface area contributed by atoms with Crippen LogP contribution in [0.5, 0.6) is 0 Å². The lowest BCUT2D eigenvalue weighted by molar-refractivity contribution is -0.116. The molecular formula is C12H12ClNO. The summed E-state index contributed by atoms with van der Waals surface area (Å²) in [5, 5.41) is 1.88. The van der Waals surface area contributed by atoms with Crippen molar-refractivity contribution in [2.75, 3.05) is 0 Å². The predicted molar refractivity (Wildman–Crippen MR) is 62.3 cm³/mol. The number of fused-ring (bicyclic) bond motifs is 1. The maximum Gasteiger partial charge on any atom is 0.130 e. The van der Waals surface area contributed by atoms with Crippen LogP contribution in [0.2, 0.25) is 5.02 Å². The van der Waals surface area contributed by atoms with Gasteiger partial charge in [0, 0.05) is 28.5 Å². The van der Waals surface area contributed by atoms with Crippen LogP contribution in [-0.4, -0.2) is 10.8 Å². The van der Waals surface area contributed by atoms with Crippen LogP contribution in [0.25, 0.3) is 10.9 Å². The molecule has 1 aromatic heterocycles. The largest absolute Gasteiger partial charge is 0.361 e. The van der Waals surface area contributed by atoms with E-state index in [1.165, 1.54) is 5.56 Å². The Hall–Kier alpha value is -1.28. The molecule has 2 aromatic rings. The van der Waals surface area contributed by atoms with Crippen molar-refractivity contribution >= 4 is 28.3 Å². The molecule has 78 valence electrons. The number of hydrogen-bond donors (Lipinski definition) is 1. The molecule has 1 aromatic carbocycles. The first-order chi connectivity index (χ1) is 7.16. The highest BCUT2D eigenvalue weighted by atomic mass is 35.5. The molecule has 0 saturated carbocycles. The monoisotopic (exact) mass is 221 g/mol. The minimum absolute atomic E-state index is 0.221. The number of rotatable bonds is 3. The third-order valence-electron chi connectivity index (χ3n) is 2.48. The Labute approximate surface area is 93.2 Å². The van der Waals surface area contributed by atoms with E-state index in [1.807, 2.05) is 24.4 Å². The fourth-order valence-corrected chi connectivity index (χ4v) is 1.85. The van der Waals surface area contributed by atoms with E-state index in [2.05, 4.69) is 4.98 Å². The Kier molecular flexibility index (Phi) is 2.78. The molecule has 2 rings (SSSR count). The number of ketones is 1. The van der Waals surface area contributed by atoms with Gasteiger partial charge in [0.25, 0.3) is 0 Å². The van der Waals surface area contributed by atoms with Crippen molar-refractivity contribution < 1.29 is 4.79 Å². The molecule has 0 aliphatic heterocycles. The van der Waals surface area contributed by atoms with Gasteiger partial charge in [0.2, 0.25) is 0 Å². The van der Waals surface area contributed by atoms with Crippen LogP contribution in [0.3, 0.4) is 0 Å². The third-order valence-corrected chi connectivity index (χ3v) is 2.71. The van der Waals surface area contributed by atoms with Crippen molar-refractivity contribution in [1.29, 1.82) is 0 Å². The Balaban J connectivity index is 2.32. The van der Waals surface area contributed by atoms with Crippen LogP contribution >= 0.6 is 11.6 Å². The summed E-state index contributed by atoms with van der Waals surface area (Å²) in [7, 11) is 0. The smallest absolute Gasteiger partial charge is 0.130 e. The molecule has 0 aliphatic rings. The first-order valence-electron chi connectivity index (χ1n) is 4.92. The van der Waals surface area contributed by atoms with Gasteiger partial charge in [-0.1, -0.05) is 17.7 Å². The van der Waals surface area contributed by atoms with E-state index in [4.69, 9.17) is 11.6 Å². The topological polar surface area (TPSA) is 32.9 Å². The van der Waals surface area contributed by atoms with Gasteiger partial charge in [0.15, 0.2) is 0 Å². The molecule has 15 heavy (non-hydrogen) atoms. The first kappa shape index (κ1) is 10.2. The van der Waals surface area contributed by atoms with Crippen LogP contribution in [-0.2, 0) is 11.2 Å². The maximum atomic E-state index is 10.9. The highest BCUT2D eigenvalue weighted by molar-refractivity contribution is 6.31. The number of aryl methyl sites for hydroxylation is 1. The average Bonchev–Trinajstić information content (AvgIpc) is 2.57. The molecule has 0 bridgehead atoms. The van der Waals surface area contributed by atoms with Gasteiger partial charge >= 0.3 is 0 Å². The van der Waals surface area contributed by atoms with Crippen LogP contribution in [0.1, 0.15) is 18.9 Å². The number of benzene rings is 1. The van der Waals surface area contributed by atoms with Gasteiger partial charge in [0.1, 0.15) is 5.78 Å². The molecule has 0 saturated heterocycles. The second kappa shape index (κ2) is 4.07. The van der Waals surface area contributed by atoms with Crippen LogP contribution in [0, 0.1) is 0 Å². The lowest BCUT2D eigenvalue weighted by Crippen LogP contribution is -1.92. The van der Waals surface area contributed by atoms with E-state index < -0.39 is 0 Å². The summed E-state index contributed by atoms with van der Waals surface area (Å²) in [6.45, 7) is 1.62. The van der Waals surface area contributed by atoms with Crippen molar-refractivity contribution in [1.82, 2.24) is 4.98 Å². The van der Waals surface area contributed by atoms with E-state index >= 15 is 0 Å². The van der Waals surface area contributed by atoms with Crippen molar-refractivity contribution in [2.24, 2.45) is 0 Å². The standard InChI is InChI=1S/C12H12ClNO/c1-8(15)2-3-9-7-14-12-6-10(13)4-5-11(9)12/h4-7,14H,2-3H2,1H3. The van der Waals surface area contributed by atoms with Gasteiger partial charge in [-0.25, -0.2) is 0 Å². The Morgan fingerprint density at radius 3 is 3.00 bits per heavy atom. The summed E-state index contributed by atoms with van der Waals surface area (Å²) >= 11 is 5.88. The summed E-state index contributed by atoms with van der Waals surface area (Å²) in [6.07, 6.45) is 3.33. The van der Waals surface area contributed by atoms with E-state index in [1.54, 1.807) is 6.92 Å². The maximum absolute atomic E-state index is 10.9. The summed E-state index contributed by atoms with van der Waals surface area (Å²) < 4.78 is 0. The van der Waals surface area contributed by atoms with Crippen molar-refractivity contribution in [2.45, 2.75) is 19.8 Å². The molecule has 2 nitrogen and oxygen atoms in total. The van der Waals surface area contributed by atoms with Crippen molar-refractivity contribution in [3.63, 3.8) is 0 Å². The summed E-state index contributed by atoms with van der Waals surface area (Å²) in [5.74, 6) is 0.221. The molecular weight excluding hydrogens is 210 g/mol. The minimum Gasteiger partial charge on any atom is -0.361 e. The molecule has 0 fully saturated rings. The lowest BCUT2D eigenvalue weighted by atomic mass is 10.1. The van der Waals surface area contributed by atoms with E-state index in [9.17, 15) is 4.79 Å². The normalized spacial score (nSPS) is 10.8. The molecule has 1 N–H and O–H groups in total. The molecule has 0 amide bonds. The van der Waals surface area contributed by atoms with Crippen molar-refractivity contribution in [3.05, 3.63) is 35.0 Å². The van der Waals surface area contributed by atoms with Gasteiger partial charge in [0.05, 0.1) is 0 Å². The number of carbonyl (C=O) groups is 1. The summed E-state index contributed by atoms with van der Waals surface area (Å²) in [4.78, 5) is 14.1. The molecule has 0 unspecified atom stereocenters. The summed E-state index contributed by atoms with van der Waals surface area (Å²) in [5.41, 5.74) is 2.21. The van der Waals surface area contributed by atoms with Gasteiger partial charge in [-0.15, -0.1) is 0 Å². The number of nitrogens with one attached hydrogen (secondary N) is 1. The molecule has 0 aliphatic carbocycles. The Bertz CT molecular complexity index is 501. The lowest BCUT2D eigenvalue weighted by Gasteiger charge is -1.97. The third kappa shape index (κ3) is 2.21. The van der Waals surface area contributed by atoms with E-state index in [-0.39, 0.29) is 5.78 Å². The zero-order valence-corrected chi connectivity index (χ0v) is 9.27. The first-order valence-corrected chi connectivity index (χ1v) is 5.29. The number of hydrogen-bond acceptors (Lipinski definition) is 1. The summed E-state index contributed by atoms with van der Waals surface area (Å²) in [6, 6.07) is 5.76. The molecule has 0 spiro atoms. The van der Waals surface area contributed by atoms with Gasteiger partial charge in [-0.2, -0.15) is 0 Å². The second-order valence-corrected chi connectivity index (χ2v) is 4.14. The molecule has 1 heterocycles. The van der Waals surface area contributed by atoms with Gasteiger partial charge < -0.3 is 9.78 Å². The number of H-pyrrole nitrogens is 1. The zero-order valence-electron chi connectivity index (χ0n) is 8.51. The number of aromatic nitrogens is 1. The zero-order chi connectivity index (χ0) is 10.8. The van der Waals surface area contributed by atoms with Crippen LogP contribution in [0.4, 0.5) is 0 Å². The SMILES string of the molecule is CC(=O)CCc1c[nH]c2cc(Cl)ccc12. The van der Waals surface area contributed by atoms with E-state index in [0.29, 0.717) is 6.42 Å². The average molecular weight is 222 g/mol. The van der Waals surface area contributed by atoms with Crippen molar-refractivity contribution in [3.8, 4) is 0 Å². The fraction of sp³-hybridized carbons (Fsp3) is 0.250. The highest BCUT2D eigenvalue weighted by Gasteiger charge is 2.04. The quantitative estimate of drug-likeness (QED) is 0.847. The van der Waals surface area contributed by atoms with Gasteiger partial charge in [-0.3, -0.25) is 0 Å². The number of carbonyl (C=O) groups excluding carboxylic acids is 1. The number of halogens is 1. The number of Topliss-reactive ketones (excluding diaryl/α,β-unsaturated/α-hetero) is 1. The van der Waals surface area contributed by atoms with E-state index in [0.717, 1.165) is 22.3 Å². The Morgan fingerprint density at radius 1 is 1.47 bits per heavy atom. The Morgan fingerprint density at radius 2 is 2.27 bits per heavy atom. The molecule has 3 heteroatoms. The minimum atomic E-state index is 0.221. The molecule has 0 radical (unpaired) electrons. The predicted octanol–water partition coefficient (Wildman–Crippen LogP) is 3.34. The van der Waals surface area contributed by atoms with Crippen LogP contribution < -0.4 is 0 Å². The second-order valence-electron chi connectivity index (χ2n) is 3.71.